The summed E-state index contributed by atoms with van der Waals surface area (Å²) in [6.45, 7) is 6.44. The van der Waals surface area contributed by atoms with Gasteiger partial charge in [0.25, 0.3) is 0 Å². The third-order valence-electron chi connectivity index (χ3n) is 12.4. The second-order valence-corrected chi connectivity index (χ2v) is 14.2. The van der Waals surface area contributed by atoms with E-state index in [1.165, 1.54) is 0 Å². The van der Waals surface area contributed by atoms with Gasteiger partial charge in [-0.3, -0.25) is 0 Å². The Labute approximate surface area is 297 Å². The molecule has 0 aromatic carbocycles. The van der Waals surface area contributed by atoms with E-state index in [0.717, 1.165) is 19.3 Å². The van der Waals surface area contributed by atoms with Crippen molar-refractivity contribution < 1.29 is 114 Å². The summed E-state index contributed by atoms with van der Waals surface area (Å²) in [6, 6.07) is 0. The Hall–Kier alpha value is 0.660. The number of rotatable bonds is 7. The molecule has 16 atom stereocenters. The predicted octanol–water partition coefficient (Wildman–Crippen LogP) is -7.30. The van der Waals surface area contributed by atoms with Crippen molar-refractivity contribution in [1.29, 1.82) is 0 Å². The van der Waals surface area contributed by atoms with Crippen LogP contribution >= 0.6 is 0 Å². The number of carboxylic acid groups (broad SMARTS) is 2. The van der Waals surface area contributed by atoms with Crippen LogP contribution in [0.4, 0.5) is 0 Å². The van der Waals surface area contributed by atoms with E-state index in [1.807, 2.05) is 0 Å². The molecule has 0 aromatic rings. The zero-order valence-electron chi connectivity index (χ0n) is 26.1. The molecule has 0 spiro atoms. The molecule has 13 heteroatoms. The SMILES string of the molecule is C[C@H](CCC(=O)[O-])[C@H]1CC[C@H]2[C@@H]3[C@H](O)C[C@@H]4C[C@H](O[C@@H]5O[C@H](C(=O)[O-])[C@@H](O)C(O)[C@H]5O)CC[C@]4(C)[C@H]3C[C@H](O)[C@]12C.[Na+].[Na+]. The molecule has 0 aromatic heterocycles. The predicted molar refractivity (Wildman–Crippen MR) is 138 cm³/mol. The molecule has 5 N–H and O–H groups in total. The molecular weight excluding hydrogens is 582 g/mol. The fourth-order valence-electron chi connectivity index (χ4n) is 10.1. The fraction of sp³-hybridized carbons (Fsp3) is 0.933. The van der Waals surface area contributed by atoms with Gasteiger partial charge >= 0.3 is 59.1 Å². The number of fused-ring (bicyclic) bond motifs is 5. The molecular formula is C30H46Na2O11. The van der Waals surface area contributed by atoms with Gasteiger partial charge in [0.05, 0.1) is 24.3 Å². The normalized spacial score (nSPS) is 49.7. The van der Waals surface area contributed by atoms with E-state index in [0.29, 0.717) is 32.1 Å². The van der Waals surface area contributed by atoms with Crippen molar-refractivity contribution in [2.75, 3.05) is 0 Å². The summed E-state index contributed by atoms with van der Waals surface area (Å²) in [5.74, 6) is -2.15. The standard InChI is InChI=1S/C30H48O11.2Na/c1-13(4-7-21(33)34)16-5-6-17-22-18(12-20(32)30(16,17)3)29(2)9-8-15(10-14(29)11-19(22)31)40-28-25(37)23(35)24(36)26(41-28)27(38)39;;/h13-20,22-26,28,31-32,35-37H,4-12H2,1-3H3,(H,33,34)(H,38,39);;/q;2*+1/p-2/t13-,14+,15-,16-,17+,18+,19-,20+,22+,23?,24+,25-,26+,28-,29+,30-;;/m1../s1. The molecule has 1 heterocycles. The van der Waals surface area contributed by atoms with E-state index in [9.17, 15) is 45.3 Å². The van der Waals surface area contributed by atoms with Gasteiger partial charge in [-0.2, -0.15) is 0 Å². The molecule has 43 heavy (non-hydrogen) atoms. The summed E-state index contributed by atoms with van der Waals surface area (Å²) < 4.78 is 11.3. The first-order chi connectivity index (χ1) is 19.2. The number of hydrogen-bond acceptors (Lipinski definition) is 11. The summed E-state index contributed by atoms with van der Waals surface area (Å²) >= 11 is 0. The van der Waals surface area contributed by atoms with Gasteiger partial charge in [-0.15, -0.1) is 0 Å². The third-order valence-corrected chi connectivity index (χ3v) is 12.4. The number of hydrogen-bond donors (Lipinski definition) is 5. The van der Waals surface area contributed by atoms with Crippen molar-refractivity contribution in [3.05, 3.63) is 0 Å². The molecule has 5 aliphatic rings. The summed E-state index contributed by atoms with van der Waals surface area (Å²) in [6.07, 6.45) is -4.76. The summed E-state index contributed by atoms with van der Waals surface area (Å²) in [7, 11) is 0. The Bertz CT molecular complexity index is 1000. The Morgan fingerprint density at radius 3 is 2.23 bits per heavy atom. The van der Waals surface area contributed by atoms with Crippen molar-refractivity contribution in [2.45, 2.75) is 128 Å². The molecule has 4 aliphatic carbocycles. The maximum Gasteiger partial charge on any atom is 1.00 e. The summed E-state index contributed by atoms with van der Waals surface area (Å²) in [5, 5.41) is 76.3. The van der Waals surface area contributed by atoms with Crippen molar-refractivity contribution >= 4 is 11.9 Å². The van der Waals surface area contributed by atoms with Crippen LogP contribution in [-0.2, 0) is 19.1 Å². The number of carbonyl (C=O) groups is 2. The largest absolute Gasteiger partial charge is 1.00 e. The van der Waals surface area contributed by atoms with Crippen LogP contribution in [0.25, 0.3) is 0 Å². The first-order valence-electron chi connectivity index (χ1n) is 15.3. The van der Waals surface area contributed by atoms with E-state index in [1.54, 1.807) is 0 Å². The van der Waals surface area contributed by atoms with Gasteiger partial charge < -0.3 is 54.8 Å². The number of ether oxygens (including phenoxy) is 2. The Morgan fingerprint density at radius 2 is 1.60 bits per heavy atom. The number of aliphatic carboxylic acids is 2. The second kappa shape index (κ2) is 14.4. The van der Waals surface area contributed by atoms with Crippen LogP contribution in [0.2, 0.25) is 0 Å². The minimum atomic E-state index is -1.84. The topological polar surface area (TPSA) is 200 Å². The zero-order chi connectivity index (χ0) is 30.0. The molecule has 11 nitrogen and oxygen atoms in total. The Balaban J connectivity index is 0.00000253. The monoisotopic (exact) mass is 628 g/mol. The van der Waals surface area contributed by atoms with E-state index in [2.05, 4.69) is 20.8 Å². The van der Waals surface area contributed by atoms with Crippen molar-refractivity contribution in [1.82, 2.24) is 0 Å². The molecule has 1 unspecified atom stereocenters. The first-order valence-corrected chi connectivity index (χ1v) is 15.3. The number of aliphatic hydroxyl groups is 5. The van der Waals surface area contributed by atoms with Gasteiger partial charge in [0.1, 0.15) is 24.4 Å². The average Bonchev–Trinajstić information content (AvgIpc) is 3.27. The van der Waals surface area contributed by atoms with Gasteiger partial charge in [-0.05, 0) is 104 Å². The van der Waals surface area contributed by atoms with E-state index in [4.69, 9.17) is 9.47 Å². The number of carboxylic acids is 2. The molecule has 0 bridgehead atoms. The first kappa shape index (κ1) is 38.1. The van der Waals surface area contributed by atoms with Crippen LogP contribution in [0.15, 0.2) is 0 Å². The van der Waals surface area contributed by atoms with Gasteiger partial charge in [0, 0.05) is 5.97 Å². The van der Waals surface area contributed by atoms with Crippen LogP contribution in [0.1, 0.15) is 78.6 Å². The Kier molecular flexibility index (Phi) is 12.8. The summed E-state index contributed by atoms with van der Waals surface area (Å²) in [4.78, 5) is 22.5. The molecule has 1 aliphatic heterocycles. The van der Waals surface area contributed by atoms with Crippen LogP contribution in [0, 0.1) is 46.3 Å². The van der Waals surface area contributed by atoms with Gasteiger partial charge in [-0.1, -0.05) is 20.8 Å². The average molecular weight is 629 g/mol. The smallest absolute Gasteiger partial charge is 0.550 e. The van der Waals surface area contributed by atoms with Crippen LogP contribution in [0.5, 0.6) is 0 Å². The van der Waals surface area contributed by atoms with E-state index >= 15 is 0 Å². The number of carbonyl (C=O) groups excluding carboxylic acids is 2. The van der Waals surface area contributed by atoms with Crippen molar-refractivity contribution in [3.8, 4) is 0 Å². The molecule has 1 saturated heterocycles. The molecule has 5 rings (SSSR count). The fourth-order valence-corrected chi connectivity index (χ4v) is 10.1. The minimum Gasteiger partial charge on any atom is -0.550 e. The van der Waals surface area contributed by atoms with E-state index < -0.39 is 66.4 Å². The minimum absolute atomic E-state index is 0. The van der Waals surface area contributed by atoms with Crippen LogP contribution in [0.3, 0.4) is 0 Å². The van der Waals surface area contributed by atoms with Crippen LogP contribution in [-0.4, -0.2) is 86.5 Å². The van der Waals surface area contributed by atoms with E-state index in [-0.39, 0.29) is 106 Å². The molecule has 4 saturated carbocycles. The zero-order valence-corrected chi connectivity index (χ0v) is 30.1. The molecule has 0 amide bonds. The van der Waals surface area contributed by atoms with Crippen molar-refractivity contribution in [2.24, 2.45) is 46.3 Å². The summed E-state index contributed by atoms with van der Waals surface area (Å²) in [5.41, 5.74) is -0.563. The maximum atomic E-state index is 11.7. The quantitative estimate of drug-likeness (QED) is 0.133. The van der Waals surface area contributed by atoms with Gasteiger partial charge in [0.15, 0.2) is 6.29 Å². The van der Waals surface area contributed by atoms with Crippen molar-refractivity contribution in [3.63, 3.8) is 0 Å². The Morgan fingerprint density at radius 1 is 0.930 bits per heavy atom. The third kappa shape index (κ3) is 6.69. The molecule has 234 valence electrons. The second-order valence-electron chi connectivity index (χ2n) is 14.2. The maximum absolute atomic E-state index is 11.7. The van der Waals surface area contributed by atoms with Gasteiger partial charge in [-0.25, -0.2) is 0 Å². The van der Waals surface area contributed by atoms with Gasteiger partial charge in [0.2, 0.25) is 0 Å². The molecule has 5 fully saturated rings. The number of aliphatic hydroxyl groups excluding tert-OH is 5. The molecule has 0 radical (unpaired) electrons. The van der Waals surface area contributed by atoms with Crippen LogP contribution < -0.4 is 69.3 Å².